The summed E-state index contributed by atoms with van der Waals surface area (Å²) in [6.07, 6.45) is 5.90. The van der Waals surface area contributed by atoms with Crippen molar-refractivity contribution in [3.63, 3.8) is 0 Å². The average Bonchev–Trinajstić information content (AvgIpc) is 2.87. The van der Waals surface area contributed by atoms with E-state index in [4.69, 9.17) is 10.5 Å². The first-order chi connectivity index (χ1) is 8.77. The van der Waals surface area contributed by atoms with Gasteiger partial charge in [0, 0.05) is 18.0 Å². The van der Waals surface area contributed by atoms with Crippen LogP contribution in [0.15, 0.2) is 18.2 Å². The van der Waals surface area contributed by atoms with Gasteiger partial charge in [0.1, 0.15) is 5.75 Å². The number of rotatable bonds is 6. The van der Waals surface area contributed by atoms with Gasteiger partial charge in [0.15, 0.2) is 0 Å². The highest BCUT2D eigenvalue weighted by Gasteiger charge is 2.24. The van der Waals surface area contributed by atoms with Crippen molar-refractivity contribution in [1.82, 2.24) is 0 Å². The van der Waals surface area contributed by atoms with Gasteiger partial charge in [-0.25, -0.2) is 0 Å². The fourth-order valence-electron chi connectivity index (χ4n) is 2.86. The van der Waals surface area contributed by atoms with Crippen LogP contribution in [0.5, 0.6) is 5.75 Å². The molecule has 1 aromatic carbocycles. The molecule has 2 nitrogen and oxygen atoms in total. The van der Waals surface area contributed by atoms with Crippen LogP contribution >= 0.6 is 0 Å². The minimum Gasteiger partial charge on any atom is -0.493 e. The second-order valence-electron chi connectivity index (χ2n) is 5.27. The Hall–Kier alpha value is -1.02. The molecule has 0 saturated carbocycles. The lowest BCUT2D eigenvalue weighted by molar-refractivity contribution is 0.334. The largest absolute Gasteiger partial charge is 0.493 e. The van der Waals surface area contributed by atoms with E-state index in [1.54, 1.807) is 0 Å². The molecule has 1 aromatic rings. The van der Waals surface area contributed by atoms with Crippen molar-refractivity contribution in [3.05, 3.63) is 29.3 Å². The normalized spacial score (nSPS) is 17.1. The van der Waals surface area contributed by atoms with Gasteiger partial charge in [-0.2, -0.15) is 0 Å². The first kappa shape index (κ1) is 13.4. The molecule has 0 fully saturated rings. The summed E-state index contributed by atoms with van der Waals surface area (Å²) >= 11 is 0. The van der Waals surface area contributed by atoms with Gasteiger partial charge in [-0.3, -0.25) is 0 Å². The van der Waals surface area contributed by atoms with Crippen LogP contribution in [-0.4, -0.2) is 6.61 Å². The maximum atomic E-state index is 6.48. The summed E-state index contributed by atoms with van der Waals surface area (Å²) < 4.78 is 5.77. The predicted octanol–water partition coefficient (Wildman–Crippen LogP) is 3.84. The van der Waals surface area contributed by atoms with Gasteiger partial charge in [0.25, 0.3) is 0 Å². The molecule has 0 aliphatic carbocycles. The van der Waals surface area contributed by atoms with Crippen LogP contribution in [0.1, 0.15) is 56.7 Å². The van der Waals surface area contributed by atoms with E-state index in [1.165, 1.54) is 30.4 Å². The first-order valence-electron chi connectivity index (χ1n) is 7.28. The van der Waals surface area contributed by atoms with Crippen molar-refractivity contribution >= 4 is 0 Å². The van der Waals surface area contributed by atoms with E-state index < -0.39 is 0 Å². The molecule has 0 amide bonds. The molecule has 0 aromatic heterocycles. The smallest absolute Gasteiger partial charge is 0.127 e. The number of para-hydroxylation sites is 1. The molecule has 0 saturated heterocycles. The SMILES string of the molecule is CCCCC(CC)C(N)c1cccc2c1OCC2. The molecular weight excluding hydrogens is 222 g/mol. The Morgan fingerprint density at radius 2 is 2.17 bits per heavy atom. The number of ether oxygens (including phenoxy) is 1. The molecule has 0 bridgehead atoms. The quantitative estimate of drug-likeness (QED) is 0.829. The van der Waals surface area contributed by atoms with Crippen molar-refractivity contribution < 1.29 is 4.74 Å². The monoisotopic (exact) mass is 247 g/mol. The summed E-state index contributed by atoms with van der Waals surface area (Å²) in [7, 11) is 0. The van der Waals surface area contributed by atoms with Crippen LogP contribution in [0.3, 0.4) is 0 Å². The van der Waals surface area contributed by atoms with Crippen molar-refractivity contribution in [2.24, 2.45) is 11.7 Å². The zero-order chi connectivity index (χ0) is 13.0. The Morgan fingerprint density at radius 1 is 1.33 bits per heavy atom. The van der Waals surface area contributed by atoms with Crippen LogP contribution < -0.4 is 10.5 Å². The van der Waals surface area contributed by atoms with Gasteiger partial charge in [-0.15, -0.1) is 0 Å². The van der Waals surface area contributed by atoms with Crippen LogP contribution in [-0.2, 0) is 6.42 Å². The molecule has 2 heteroatoms. The van der Waals surface area contributed by atoms with E-state index in [1.807, 2.05) is 0 Å². The molecule has 100 valence electrons. The second kappa shape index (κ2) is 6.24. The number of hydrogen-bond acceptors (Lipinski definition) is 2. The lowest BCUT2D eigenvalue weighted by Crippen LogP contribution is -2.21. The van der Waals surface area contributed by atoms with E-state index in [2.05, 4.69) is 32.0 Å². The van der Waals surface area contributed by atoms with Gasteiger partial charge >= 0.3 is 0 Å². The second-order valence-corrected chi connectivity index (χ2v) is 5.27. The lowest BCUT2D eigenvalue weighted by Gasteiger charge is -2.24. The zero-order valence-corrected chi connectivity index (χ0v) is 11.6. The number of fused-ring (bicyclic) bond motifs is 1. The Bertz CT molecular complexity index is 389. The first-order valence-corrected chi connectivity index (χ1v) is 7.28. The van der Waals surface area contributed by atoms with E-state index in [9.17, 15) is 0 Å². The zero-order valence-electron chi connectivity index (χ0n) is 11.6. The summed E-state index contributed by atoms with van der Waals surface area (Å²) in [5.41, 5.74) is 9.03. The van der Waals surface area contributed by atoms with Crippen molar-refractivity contribution in [1.29, 1.82) is 0 Å². The highest BCUT2D eigenvalue weighted by molar-refractivity contribution is 5.45. The molecule has 2 N–H and O–H groups in total. The fraction of sp³-hybridized carbons (Fsp3) is 0.625. The van der Waals surface area contributed by atoms with E-state index in [0.29, 0.717) is 5.92 Å². The van der Waals surface area contributed by atoms with E-state index in [-0.39, 0.29) is 6.04 Å². The number of nitrogens with two attached hydrogens (primary N) is 1. The van der Waals surface area contributed by atoms with Gasteiger partial charge in [-0.1, -0.05) is 51.3 Å². The summed E-state index contributed by atoms with van der Waals surface area (Å²) in [5, 5.41) is 0. The number of hydrogen-bond donors (Lipinski definition) is 1. The number of unbranched alkanes of at least 4 members (excludes halogenated alkanes) is 1. The van der Waals surface area contributed by atoms with Gasteiger partial charge < -0.3 is 10.5 Å². The Balaban J connectivity index is 2.17. The third-order valence-corrected chi connectivity index (χ3v) is 4.06. The predicted molar refractivity (Wildman–Crippen MR) is 75.9 cm³/mol. The third kappa shape index (κ3) is 2.69. The van der Waals surface area contributed by atoms with Crippen molar-refractivity contribution in [2.75, 3.05) is 6.61 Å². The van der Waals surface area contributed by atoms with Crippen LogP contribution in [0, 0.1) is 5.92 Å². The van der Waals surface area contributed by atoms with Crippen molar-refractivity contribution in [2.45, 2.75) is 52.0 Å². The van der Waals surface area contributed by atoms with Crippen LogP contribution in [0.25, 0.3) is 0 Å². The van der Waals surface area contributed by atoms with Crippen LogP contribution in [0.4, 0.5) is 0 Å². The highest BCUT2D eigenvalue weighted by Crippen LogP contribution is 2.37. The Kier molecular flexibility index (Phi) is 4.65. The molecular formula is C16H25NO. The van der Waals surface area contributed by atoms with Crippen molar-refractivity contribution in [3.8, 4) is 5.75 Å². The summed E-state index contributed by atoms with van der Waals surface area (Å²) in [5.74, 6) is 1.64. The van der Waals surface area contributed by atoms with E-state index in [0.717, 1.165) is 25.2 Å². The molecule has 2 rings (SSSR count). The van der Waals surface area contributed by atoms with Gasteiger partial charge in [0.05, 0.1) is 6.61 Å². The fourth-order valence-corrected chi connectivity index (χ4v) is 2.86. The lowest BCUT2D eigenvalue weighted by atomic mass is 9.86. The molecule has 0 spiro atoms. The molecule has 2 unspecified atom stereocenters. The molecule has 1 aliphatic rings. The highest BCUT2D eigenvalue weighted by atomic mass is 16.5. The molecule has 1 aliphatic heterocycles. The van der Waals surface area contributed by atoms with Crippen LogP contribution in [0.2, 0.25) is 0 Å². The van der Waals surface area contributed by atoms with E-state index >= 15 is 0 Å². The minimum absolute atomic E-state index is 0.120. The molecule has 2 atom stereocenters. The Morgan fingerprint density at radius 3 is 2.89 bits per heavy atom. The average molecular weight is 247 g/mol. The molecule has 1 heterocycles. The minimum atomic E-state index is 0.120. The topological polar surface area (TPSA) is 35.2 Å². The Labute approximate surface area is 111 Å². The molecule has 0 radical (unpaired) electrons. The maximum absolute atomic E-state index is 6.48. The third-order valence-electron chi connectivity index (χ3n) is 4.06. The summed E-state index contributed by atoms with van der Waals surface area (Å²) in [6.45, 7) is 5.29. The summed E-state index contributed by atoms with van der Waals surface area (Å²) in [6, 6.07) is 6.54. The summed E-state index contributed by atoms with van der Waals surface area (Å²) in [4.78, 5) is 0. The van der Waals surface area contributed by atoms with Gasteiger partial charge in [0.2, 0.25) is 0 Å². The standard InChI is InChI=1S/C16H25NO/c1-3-5-7-12(4-2)15(17)14-9-6-8-13-10-11-18-16(13)14/h6,8-9,12,15H,3-5,7,10-11,17H2,1-2H3. The van der Waals surface area contributed by atoms with Gasteiger partial charge in [-0.05, 0) is 17.9 Å². The molecule has 18 heavy (non-hydrogen) atoms. The maximum Gasteiger partial charge on any atom is 0.127 e. The number of benzene rings is 1.